The van der Waals surface area contributed by atoms with Crippen molar-refractivity contribution in [1.82, 2.24) is 0 Å². The van der Waals surface area contributed by atoms with Gasteiger partial charge in [-0.05, 0) is 45.0 Å². The maximum absolute atomic E-state index is 12.7. The number of benzene rings is 1. The molecule has 9 nitrogen and oxygen atoms in total. The van der Waals surface area contributed by atoms with Crippen LogP contribution in [0.15, 0.2) is 33.6 Å². The summed E-state index contributed by atoms with van der Waals surface area (Å²) >= 11 is 0. The monoisotopic (exact) mass is 411 g/mol. The topological polar surface area (TPSA) is 121 Å². The predicted molar refractivity (Wildman–Crippen MR) is 99.2 cm³/mol. The largest absolute Gasteiger partial charge is 0.497 e. The second kappa shape index (κ2) is 8.79. The van der Waals surface area contributed by atoms with Gasteiger partial charge in [-0.25, -0.2) is 22.7 Å². The van der Waals surface area contributed by atoms with E-state index in [2.05, 4.69) is 4.72 Å². The van der Waals surface area contributed by atoms with Gasteiger partial charge >= 0.3 is 11.9 Å². The number of anilines is 1. The Morgan fingerprint density at radius 2 is 1.54 bits per heavy atom. The molecule has 2 rings (SSSR count). The molecule has 1 N–H and O–H groups in total. The van der Waals surface area contributed by atoms with Crippen LogP contribution < -0.4 is 9.46 Å². The Morgan fingerprint density at radius 1 is 1.00 bits per heavy atom. The van der Waals surface area contributed by atoms with Crippen LogP contribution in [0.3, 0.4) is 0 Å². The van der Waals surface area contributed by atoms with Crippen LogP contribution in [-0.4, -0.2) is 40.7 Å². The van der Waals surface area contributed by atoms with E-state index in [-0.39, 0.29) is 35.0 Å². The van der Waals surface area contributed by atoms with Gasteiger partial charge in [-0.3, -0.25) is 0 Å². The average Bonchev–Trinajstić information content (AvgIpc) is 2.97. The molecule has 0 aliphatic rings. The summed E-state index contributed by atoms with van der Waals surface area (Å²) in [7, 11) is -2.66. The Hall–Kier alpha value is -3.01. The fourth-order valence-corrected chi connectivity index (χ4v) is 3.40. The Bertz CT molecular complexity index is 960. The highest BCUT2D eigenvalue weighted by Crippen LogP contribution is 2.31. The van der Waals surface area contributed by atoms with Crippen LogP contribution in [0.1, 0.15) is 40.3 Å². The van der Waals surface area contributed by atoms with E-state index < -0.39 is 27.8 Å². The molecule has 1 heterocycles. The van der Waals surface area contributed by atoms with Crippen LogP contribution in [0.4, 0.5) is 5.88 Å². The first-order valence-electron chi connectivity index (χ1n) is 8.39. The molecule has 0 radical (unpaired) electrons. The van der Waals surface area contributed by atoms with Crippen LogP contribution in [0.25, 0.3) is 0 Å². The molecular formula is C18H21NO8S. The third-order valence-corrected chi connectivity index (χ3v) is 4.99. The first kappa shape index (κ1) is 21.3. The van der Waals surface area contributed by atoms with E-state index >= 15 is 0 Å². The standard InChI is InChI=1S/C18H21NO8S/c1-5-25-17(20)14-11(3)27-16(15(14)18(21)26-6-2)19-28(22,23)13-9-7-12(24-4)8-10-13/h7-10,19H,5-6H2,1-4H3. The molecule has 1 aromatic carbocycles. The van der Waals surface area contributed by atoms with Crippen LogP contribution in [0.5, 0.6) is 5.75 Å². The van der Waals surface area contributed by atoms with Gasteiger partial charge in [-0.2, -0.15) is 0 Å². The minimum absolute atomic E-state index is 0.0222. The van der Waals surface area contributed by atoms with E-state index in [1.54, 1.807) is 13.8 Å². The minimum atomic E-state index is -4.11. The van der Waals surface area contributed by atoms with Gasteiger partial charge in [0, 0.05) is 0 Å². The van der Waals surface area contributed by atoms with Gasteiger partial charge in [0.05, 0.1) is 25.2 Å². The molecule has 0 amide bonds. The van der Waals surface area contributed by atoms with Crippen LogP contribution in [-0.2, 0) is 19.5 Å². The van der Waals surface area contributed by atoms with Gasteiger partial charge in [0.15, 0.2) is 0 Å². The Morgan fingerprint density at radius 3 is 2.04 bits per heavy atom. The molecule has 28 heavy (non-hydrogen) atoms. The number of furan rings is 1. The Kier molecular flexibility index (Phi) is 6.68. The quantitative estimate of drug-likeness (QED) is 0.658. The lowest BCUT2D eigenvalue weighted by Gasteiger charge is -2.09. The molecule has 10 heteroatoms. The first-order chi connectivity index (χ1) is 13.2. The van der Waals surface area contributed by atoms with Crippen molar-refractivity contribution in [2.45, 2.75) is 25.7 Å². The van der Waals surface area contributed by atoms with Crippen LogP contribution in [0, 0.1) is 6.92 Å². The maximum Gasteiger partial charge on any atom is 0.344 e. The number of esters is 2. The second-order valence-electron chi connectivity index (χ2n) is 5.46. The highest BCUT2D eigenvalue weighted by molar-refractivity contribution is 7.92. The van der Waals surface area contributed by atoms with E-state index in [0.717, 1.165) is 0 Å². The van der Waals surface area contributed by atoms with Gasteiger partial charge in [0.2, 0.25) is 5.88 Å². The van der Waals surface area contributed by atoms with Gasteiger partial charge < -0.3 is 18.6 Å². The molecule has 0 aliphatic carbocycles. The number of sulfonamides is 1. The first-order valence-corrected chi connectivity index (χ1v) is 9.87. The number of carbonyl (C=O) groups excluding carboxylic acids is 2. The normalized spacial score (nSPS) is 11.0. The fourth-order valence-electron chi connectivity index (χ4n) is 2.40. The molecule has 0 saturated heterocycles. The molecule has 152 valence electrons. The van der Waals surface area contributed by atoms with Gasteiger partial charge in [0.1, 0.15) is 22.6 Å². The molecular weight excluding hydrogens is 390 g/mol. The summed E-state index contributed by atoms with van der Waals surface area (Å²) in [6, 6.07) is 5.59. The summed E-state index contributed by atoms with van der Waals surface area (Å²) in [4.78, 5) is 24.5. The highest BCUT2D eigenvalue weighted by atomic mass is 32.2. The highest BCUT2D eigenvalue weighted by Gasteiger charge is 2.32. The van der Waals surface area contributed by atoms with Crippen molar-refractivity contribution >= 4 is 27.8 Å². The zero-order valence-electron chi connectivity index (χ0n) is 15.9. The lowest BCUT2D eigenvalue weighted by atomic mass is 10.1. The number of ether oxygens (including phenoxy) is 3. The number of hydrogen-bond donors (Lipinski definition) is 1. The number of nitrogens with one attached hydrogen (secondary N) is 1. The lowest BCUT2D eigenvalue weighted by molar-refractivity contribution is 0.0480. The zero-order chi connectivity index (χ0) is 20.9. The number of carbonyl (C=O) groups is 2. The molecule has 0 spiro atoms. The van der Waals surface area contributed by atoms with Crippen molar-refractivity contribution in [2.24, 2.45) is 0 Å². The summed E-state index contributed by atoms with van der Waals surface area (Å²) in [5, 5.41) is 0. The van der Waals surface area contributed by atoms with Crippen molar-refractivity contribution < 1.29 is 36.6 Å². The van der Waals surface area contributed by atoms with Crippen molar-refractivity contribution in [1.29, 1.82) is 0 Å². The fraction of sp³-hybridized carbons (Fsp3) is 0.333. The lowest BCUT2D eigenvalue weighted by Crippen LogP contribution is -2.18. The summed E-state index contributed by atoms with van der Waals surface area (Å²) in [6.07, 6.45) is 0. The van der Waals surface area contributed by atoms with Crippen molar-refractivity contribution in [3.8, 4) is 5.75 Å². The number of hydrogen-bond acceptors (Lipinski definition) is 8. The second-order valence-corrected chi connectivity index (χ2v) is 7.14. The predicted octanol–water partition coefficient (Wildman–Crippen LogP) is 2.75. The van der Waals surface area contributed by atoms with Gasteiger partial charge in [-0.15, -0.1) is 0 Å². The smallest absolute Gasteiger partial charge is 0.344 e. The summed E-state index contributed by atoms with van der Waals surface area (Å²) in [5.74, 6) is -1.65. The number of rotatable bonds is 8. The third kappa shape index (κ3) is 4.45. The molecule has 0 unspecified atom stereocenters. The summed E-state index contributed by atoms with van der Waals surface area (Å²) in [5.41, 5.74) is -0.525. The van der Waals surface area contributed by atoms with E-state index in [4.69, 9.17) is 18.6 Å². The van der Waals surface area contributed by atoms with E-state index in [1.807, 2.05) is 0 Å². The number of aryl methyl sites for hydroxylation is 1. The van der Waals surface area contributed by atoms with E-state index in [0.29, 0.717) is 5.75 Å². The molecule has 1 aromatic heterocycles. The third-order valence-electron chi connectivity index (χ3n) is 3.64. The maximum atomic E-state index is 12.7. The van der Waals surface area contributed by atoms with Crippen molar-refractivity contribution in [2.75, 3.05) is 25.0 Å². The molecule has 2 aromatic rings. The van der Waals surface area contributed by atoms with Crippen LogP contribution >= 0.6 is 0 Å². The SMILES string of the molecule is CCOC(=O)c1c(C)oc(NS(=O)(=O)c2ccc(OC)cc2)c1C(=O)OCC. The Labute approximate surface area is 162 Å². The molecule has 0 atom stereocenters. The average molecular weight is 411 g/mol. The molecule has 0 bridgehead atoms. The molecule has 0 saturated carbocycles. The van der Waals surface area contributed by atoms with Crippen molar-refractivity contribution in [3.63, 3.8) is 0 Å². The van der Waals surface area contributed by atoms with Gasteiger partial charge in [0.25, 0.3) is 10.0 Å². The van der Waals surface area contributed by atoms with Crippen LogP contribution in [0.2, 0.25) is 0 Å². The Balaban J connectivity index is 2.50. The summed E-state index contributed by atoms with van der Waals surface area (Å²) in [6.45, 7) is 4.69. The van der Waals surface area contributed by atoms with Gasteiger partial charge in [-0.1, -0.05) is 0 Å². The van der Waals surface area contributed by atoms with E-state index in [1.165, 1.54) is 38.3 Å². The molecule has 0 fully saturated rings. The van der Waals surface area contributed by atoms with Crippen molar-refractivity contribution in [3.05, 3.63) is 41.2 Å². The zero-order valence-corrected chi connectivity index (χ0v) is 16.7. The minimum Gasteiger partial charge on any atom is -0.497 e. The number of methoxy groups -OCH3 is 1. The molecule has 0 aliphatic heterocycles. The van der Waals surface area contributed by atoms with E-state index in [9.17, 15) is 18.0 Å². The summed E-state index contributed by atoms with van der Waals surface area (Å²) < 4.78 is 47.8.